The van der Waals surface area contributed by atoms with Crippen molar-refractivity contribution in [3.05, 3.63) is 17.0 Å². The van der Waals surface area contributed by atoms with Crippen LogP contribution in [-0.2, 0) is 13.1 Å². The molecule has 0 aromatic carbocycles. The molecule has 20 heavy (non-hydrogen) atoms. The monoisotopic (exact) mass is 279 g/mol. The van der Waals surface area contributed by atoms with Crippen molar-refractivity contribution >= 4 is 0 Å². The number of aromatic nitrogens is 2. The Morgan fingerprint density at radius 2 is 1.95 bits per heavy atom. The standard InChI is InChI=1S/C16H29N3O/c1-4-10-19-14(3)15(13(2)18-19)11-17-12-16(20)8-6-5-7-9-16/h17,20H,4-12H2,1-3H3. The van der Waals surface area contributed by atoms with Crippen molar-refractivity contribution in [2.45, 2.75) is 78.0 Å². The third kappa shape index (κ3) is 3.61. The van der Waals surface area contributed by atoms with Crippen molar-refractivity contribution in [1.82, 2.24) is 15.1 Å². The van der Waals surface area contributed by atoms with Crippen molar-refractivity contribution in [1.29, 1.82) is 0 Å². The fourth-order valence-electron chi connectivity index (χ4n) is 3.23. The lowest BCUT2D eigenvalue weighted by Gasteiger charge is -2.32. The lowest BCUT2D eigenvalue weighted by molar-refractivity contribution is 0.00465. The van der Waals surface area contributed by atoms with Gasteiger partial charge in [0, 0.05) is 30.9 Å². The van der Waals surface area contributed by atoms with E-state index in [0.29, 0.717) is 6.54 Å². The molecule has 0 radical (unpaired) electrons. The predicted molar refractivity (Wildman–Crippen MR) is 81.7 cm³/mol. The molecule has 0 atom stereocenters. The summed E-state index contributed by atoms with van der Waals surface area (Å²) in [6, 6.07) is 0. The van der Waals surface area contributed by atoms with Crippen molar-refractivity contribution < 1.29 is 5.11 Å². The molecule has 0 saturated heterocycles. The van der Waals surface area contributed by atoms with Gasteiger partial charge in [-0.3, -0.25) is 4.68 Å². The Kier molecular flexibility index (Phi) is 5.22. The van der Waals surface area contributed by atoms with Crippen molar-refractivity contribution in [2.24, 2.45) is 0 Å². The van der Waals surface area contributed by atoms with Crippen LogP contribution in [-0.4, -0.2) is 27.0 Å². The summed E-state index contributed by atoms with van der Waals surface area (Å²) in [7, 11) is 0. The summed E-state index contributed by atoms with van der Waals surface area (Å²) in [5, 5.41) is 18.5. The summed E-state index contributed by atoms with van der Waals surface area (Å²) >= 11 is 0. The van der Waals surface area contributed by atoms with Gasteiger partial charge in [0.15, 0.2) is 0 Å². The second kappa shape index (κ2) is 6.72. The number of hydrogen-bond donors (Lipinski definition) is 2. The molecule has 1 saturated carbocycles. The molecule has 0 unspecified atom stereocenters. The SMILES string of the molecule is CCCn1nc(C)c(CNCC2(O)CCCCC2)c1C. The Balaban J connectivity index is 1.90. The maximum absolute atomic E-state index is 10.5. The zero-order valence-corrected chi connectivity index (χ0v) is 13.2. The average molecular weight is 279 g/mol. The molecule has 0 aliphatic heterocycles. The zero-order chi connectivity index (χ0) is 14.6. The van der Waals surface area contributed by atoms with Crippen LogP contribution in [0.2, 0.25) is 0 Å². The van der Waals surface area contributed by atoms with Crippen LogP contribution >= 0.6 is 0 Å². The first kappa shape index (κ1) is 15.5. The van der Waals surface area contributed by atoms with Crippen LogP contribution in [0.5, 0.6) is 0 Å². The van der Waals surface area contributed by atoms with Gasteiger partial charge in [-0.05, 0) is 33.1 Å². The summed E-state index contributed by atoms with van der Waals surface area (Å²) in [5.41, 5.74) is 3.17. The van der Waals surface area contributed by atoms with Crippen LogP contribution in [0.1, 0.15) is 62.4 Å². The number of aliphatic hydroxyl groups is 1. The van der Waals surface area contributed by atoms with Gasteiger partial charge < -0.3 is 10.4 Å². The van der Waals surface area contributed by atoms with E-state index in [-0.39, 0.29) is 0 Å². The molecule has 1 fully saturated rings. The first-order valence-electron chi connectivity index (χ1n) is 8.02. The van der Waals surface area contributed by atoms with Gasteiger partial charge in [0.25, 0.3) is 0 Å². The molecule has 1 aromatic heterocycles. The highest BCUT2D eigenvalue weighted by atomic mass is 16.3. The summed E-state index contributed by atoms with van der Waals surface area (Å²) in [5.74, 6) is 0. The second-order valence-electron chi connectivity index (χ2n) is 6.26. The van der Waals surface area contributed by atoms with E-state index in [9.17, 15) is 5.11 Å². The van der Waals surface area contributed by atoms with E-state index in [1.165, 1.54) is 17.7 Å². The highest BCUT2D eigenvalue weighted by Crippen LogP contribution is 2.27. The van der Waals surface area contributed by atoms with E-state index < -0.39 is 5.60 Å². The van der Waals surface area contributed by atoms with Gasteiger partial charge in [-0.25, -0.2) is 0 Å². The van der Waals surface area contributed by atoms with Crippen LogP contribution in [0.4, 0.5) is 0 Å². The molecule has 1 aliphatic carbocycles. The third-order valence-electron chi connectivity index (χ3n) is 4.51. The van der Waals surface area contributed by atoms with Crippen LogP contribution in [0.25, 0.3) is 0 Å². The largest absolute Gasteiger partial charge is 0.389 e. The van der Waals surface area contributed by atoms with Gasteiger partial charge in [-0.1, -0.05) is 26.2 Å². The van der Waals surface area contributed by atoms with Crippen LogP contribution < -0.4 is 5.32 Å². The molecule has 2 rings (SSSR count). The molecule has 1 aromatic rings. The van der Waals surface area contributed by atoms with Gasteiger partial charge in [0.1, 0.15) is 0 Å². The number of nitrogens with one attached hydrogen (secondary N) is 1. The lowest BCUT2D eigenvalue weighted by Crippen LogP contribution is -2.42. The van der Waals surface area contributed by atoms with E-state index in [4.69, 9.17) is 0 Å². The van der Waals surface area contributed by atoms with Gasteiger partial charge >= 0.3 is 0 Å². The Morgan fingerprint density at radius 1 is 1.25 bits per heavy atom. The molecule has 1 aliphatic rings. The zero-order valence-electron chi connectivity index (χ0n) is 13.2. The fraction of sp³-hybridized carbons (Fsp3) is 0.812. The normalized spacial score (nSPS) is 18.4. The van der Waals surface area contributed by atoms with Gasteiger partial charge in [-0.15, -0.1) is 0 Å². The number of nitrogens with zero attached hydrogens (tertiary/aromatic N) is 2. The molecule has 4 nitrogen and oxygen atoms in total. The molecule has 0 bridgehead atoms. The quantitative estimate of drug-likeness (QED) is 0.842. The molecule has 114 valence electrons. The highest BCUT2D eigenvalue weighted by Gasteiger charge is 2.28. The first-order chi connectivity index (χ1) is 9.56. The van der Waals surface area contributed by atoms with Crippen LogP contribution in [0.15, 0.2) is 0 Å². The summed E-state index contributed by atoms with van der Waals surface area (Å²) in [6.07, 6.45) is 6.56. The van der Waals surface area contributed by atoms with Gasteiger partial charge in [0.2, 0.25) is 0 Å². The minimum atomic E-state index is -0.487. The maximum Gasteiger partial charge on any atom is 0.0771 e. The smallest absolute Gasteiger partial charge is 0.0771 e. The first-order valence-corrected chi connectivity index (χ1v) is 8.02. The average Bonchev–Trinajstić information content (AvgIpc) is 2.67. The Morgan fingerprint density at radius 3 is 2.60 bits per heavy atom. The topological polar surface area (TPSA) is 50.1 Å². The Hall–Kier alpha value is -0.870. The highest BCUT2D eigenvalue weighted by molar-refractivity contribution is 5.24. The molecular formula is C16H29N3O. The number of rotatable bonds is 6. The van der Waals surface area contributed by atoms with Crippen molar-refractivity contribution in [3.63, 3.8) is 0 Å². The third-order valence-corrected chi connectivity index (χ3v) is 4.51. The van der Waals surface area contributed by atoms with Gasteiger partial charge in [0.05, 0.1) is 11.3 Å². The summed E-state index contributed by atoms with van der Waals surface area (Å²) < 4.78 is 2.10. The molecule has 1 heterocycles. The van der Waals surface area contributed by atoms with Crippen LogP contribution in [0, 0.1) is 13.8 Å². The van der Waals surface area contributed by atoms with E-state index in [1.54, 1.807) is 0 Å². The maximum atomic E-state index is 10.5. The molecule has 2 N–H and O–H groups in total. The summed E-state index contributed by atoms with van der Waals surface area (Å²) in [6.45, 7) is 8.88. The van der Waals surface area contributed by atoms with Crippen molar-refractivity contribution in [2.75, 3.05) is 6.54 Å². The summed E-state index contributed by atoms with van der Waals surface area (Å²) in [4.78, 5) is 0. The molecule has 0 spiro atoms. The van der Waals surface area contributed by atoms with Crippen molar-refractivity contribution in [3.8, 4) is 0 Å². The lowest BCUT2D eigenvalue weighted by atomic mass is 9.85. The van der Waals surface area contributed by atoms with E-state index >= 15 is 0 Å². The van der Waals surface area contributed by atoms with E-state index in [0.717, 1.165) is 50.9 Å². The van der Waals surface area contributed by atoms with E-state index in [1.807, 2.05) is 0 Å². The predicted octanol–water partition coefficient (Wildman–Crippen LogP) is 2.69. The minimum absolute atomic E-state index is 0.487. The fourth-order valence-corrected chi connectivity index (χ4v) is 3.23. The molecular weight excluding hydrogens is 250 g/mol. The Labute approximate surface area is 122 Å². The number of aryl methyl sites for hydroxylation is 2. The molecule has 4 heteroatoms. The number of hydrogen-bond acceptors (Lipinski definition) is 3. The Bertz CT molecular complexity index is 433. The van der Waals surface area contributed by atoms with Crippen LogP contribution in [0.3, 0.4) is 0 Å². The minimum Gasteiger partial charge on any atom is -0.389 e. The van der Waals surface area contributed by atoms with E-state index in [2.05, 4.69) is 35.9 Å². The van der Waals surface area contributed by atoms with Gasteiger partial charge in [-0.2, -0.15) is 5.10 Å². The second-order valence-corrected chi connectivity index (χ2v) is 6.26. The molecule has 0 amide bonds.